The number of aliphatic hydroxyl groups excluding tert-OH is 1. The molecule has 1 atom stereocenters. The molecule has 1 aliphatic heterocycles. The quantitative estimate of drug-likeness (QED) is 0.829. The smallest absolute Gasteiger partial charge is 0.253 e. The number of likely N-dealkylation sites (N-methyl/N-ethyl adjacent to an activating group) is 1. The van der Waals surface area contributed by atoms with E-state index in [1.54, 1.807) is 0 Å². The Hall–Kier alpha value is -1.83. The van der Waals surface area contributed by atoms with Gasteiger partial charge < -0.3 is 14.9 Å². The van der Waals surface area contributed by atoms with Gasteiger partial charge in [0.2, 0.25) is 0 Å². The van der Waals surface area contributed by atoms with E-state index in [4.69, 9.17) is 5.11 Å². The molecule has 1 saturated heterocycles. The van der Waals surface area contributed by atoms with Gasteiger partial charge in [0.05, 0.1) is 0 Å². The fourth-order valence-corrected chi connectivity index (χ4v) is 2.60. The summed E-state index contributed by atoms with van der Waals surface area (Å²) in [6.45, 7) is 3.38. The van der Waals surface area contributed by atoms with Gasteiger partial charge in [-0.25, -0.2) is 0 Å². The van der Waals surface area contributed by atoms with Crippen molar-refractivity contribution in [3.05, 3.63) is 34.9 Å². The summed E-state index contributed by atoms with van der Waals surface area (Å²) in [5.41, 5.74) is 2.53. The van der Waals surface area contributed by atoms with Gasteiger partial charge in [-0.1, -0.05) is 11.8 Å². The highest BCUT2D eigenvalue weighted by molar-refractivity contribution is 5.94. The number of likely N-dealkylation sites (tertiary alicyclic amines) is 1. The van der Waals surface area contributed by atoms with Crippen LogP contribution in [0.2, 0.25) is 0 Å². The van der Waals surface area contributed by atoms with Crippen LogP contribution in [0, 0.1) is 18.8 Å². The first-order valence-electron chi connectivity index (χ1n) is 7.19. The van der Waals surface area contributed by atoms with E-state index in [1.165, 1.54) is 0 Å². The summed E-state index contributed by atoms with van der Waals surface area (Å²) in [6.07, 6.45) is 1.03. The number of hydrogen-bond donors (Lipinski definition) is 1. The maximum Gasteiger partial charge on any atom is 0.253 e. The van der Waals surface area contributed by atoms with Crippen molar-refractivity contribution in [2.75, 3.05) is 33.8 Å². The van der Waals surface area contributed by atoms with Gasteiger partial charge in [0.15, 0.2) is 0 Å². The molecule has 1 aromatic carbocycles. The first kappa shape index (κ1) is 15.6. The van der Waals surface area contributed by atoms with Crippen molar-refractivity contribution in [1.82, 2.24) is 9.80 Å². The van der Waals surface area contributed by atoms with Crippen molar-refractivity contribution < 1.29 is 9.90 Å². The first-order valence-corrected chi connectivity index (χ1v) is 7.19. The second-order valence-corrected chi connectivity index (χ2v) is 5.65. The Morgan fingerprint density at radius 3 is 2.81 bits per heavy atom. The van der Waals surface area contributed by atoms with Crippen LogP contribution in [0.5, 0.6) is 0 Å². The Bertz CT molecular complexity index is 584. The van der Waals surface area contributed by atoms with Crippen molar-refractivity contribution in [2.24, 2.45) is 0 Å². The number of hydrogen-bond acceptors (Lipinski definition) is 3. The highest BCUT2D eigenvalue weighted by atomic mass is 16.2. The van der Waals surface area contributed by atoms with Crippen LogP contribution >= 0.6 is 0 Å². The normalized spacial score (nSPS) is 17.8. The number of benzene rings is 1. The van der Waals surface area contributed by atoms with E-state index in [1.807, 2.05) is 30.0 Å². The molecule has 112 valence electrons. The van der Waals surface area contributed by atoms with E-state index >= 15 is 0 Å². The van der Waals surface area contributed by atoms with Crippen LogP contribution in [0.1, 0.15) is 27.9 Å². The molecule has 0 radical (unpaired) electrons. The lowest BCUT2D eigenvalue weighted by Gasteiger charge is -2.20. The minimum atomic E-state index is -0.153. The Morgan fingerprint density at radius 1 is 1.48 bits per heavy atom. The lowest BCUT2D eigenvalue weighted by molar-refractivity contribution is 0.0783. The molecule has 1 heterocycles. The molecule has 4 nitrogen and oxygen atoms in total. The number of aryl methyl sites for hydroxylation is 1. The lowest BCUT2D eigenvalue weighted by Crippen LogP contribution is -2.34. The summed E-state index contributed by atoms with van der Waals surface area (Å²) in [4.78, 5) is 16.6. The van der Waals surface area contributed by atoms with Gasteiger partial charge in [-0.05, 0) is 51.2 Å². The topological polar surface area (TPSA) is 43.8 Å². The van der Waals surface area contributed by atoms with Gasteiger partial charge in [-0.15, -0.1) is 0 Å². The van der Waals surface area contributed by atoms with E-state index in [2.05, 4.69) is 30.8 Å². The molecular weight excluding hydrogens is 264 g/mol. The minimum Gasteiger partial charge on any atom is -0.384 e. The molecule has 1 unspecified atom stereocenters. The Labute approximate surface area is 126 Å². The largest absolute Gasteiger partial charge is 0.384 e. The van der Waals surface area contributed by atoms with Crippen molar-refractivity contribution in [2.45, 2.75) is 19.4 Å². The van der Waals surface area contributed by atoms with E-state index in [-0.39, 0.29) is 12.5 Å². The van der Waals surface area contributed by atoms with Gasteiger partial charge in [-0.3, -0.25) is 4.79 Å². The second-order valence-electron chi connectivity index (χ2n) is 5.65. The molecule has 21 heavy (non-hydrogen) atoms. The molecule has 0 aliphatic carbocycles. The maximum atomic E-state index is 12.5. The van der Waals surface area contributed by atoms with Gasteiger partial charge in [0, 0.05) is 30.3 Å². The number of aliphatic hydroxyl groups is 1. The van der Waals surface area contributed by atoms with E-state index in [0.717, 1.165) is 30.6 Å². The summed E-state index contributed by atoms with van der Waals surface area (Å²) in [7, 11) is 4.11. The summed E-state index contributed by atoms with van der Waals surface area (Å²) in [6, 6.07) is 6.00. The zero-order valence-electron chi connectivity index (χ0n) is 12.9. The van der Waals surface area contributed by atoms with Crippen LogP contribution < -0.4 is 0 Å². The number of amides is 1. The third-order valence-corrected chi connectivity index (χ3v) is 3.96. The zero-order valence-corrected chi connectivity index (χ0v) is 12.9. The average molecular weight is 286 g/mol. The molecule has 0 aromatic heterocycles. The molecule has 2 rings (SSSR count). The number of nitrogens with zero attached hydrogens (tertiary/aromatic N) is 2. The number of carbonyl (C=O) groups excluding carboxylic acids is 1. The fraction of sp³-hybridized carbons (Fsp3) is 0.471. The van der Waals surface area contributed by atoms with E-state index < -0.39 is 0 Å². The summed E-state index contributed by atoms with van der Waals surface area (Å²) in [5, 5.41) is 8.74. The Morgan fingerprint density at radius 2 is 2.24 bits per heavy atom. The van der Waals surface area contributed by atoms with Crippen LogP contribution in [0.4, 0.5) is 0 Å². The molecule has 1 fully saturated rings. The number of rotatable bonds is 2. The van der Waals surface area contributed by atoms with Gasteiger partial charge in [0.25, 0.3) is 5.91 Å². The average Bonchev–Trinajstić information content (AvgIpc) is 2.95. The third-order valence-electron chi connectivity index (χ3n) is 3.96. The first-order chi connectivity index (χ1) is 10.0. The van der Waals surface area contributed by atoms with Crippen LogP contribution in [0.25, 0.3) is 0 Å². The van der Waals surface area contributed by atoms with Crippen molar-refractivity contribution in [1.29, 1.82) is 0 Å². The van der Waals surface area contributed by atoms with E-state index in [0.29, 0.717) is 11.6 Å². The number of carbonyl (C=O) groups is 1. The van der Waals surface area contributed by atoms with Crippen molar-refractivity contribution in [3.8, 4) is 11.8 Å². The van der Waals surface area contributed by atoms with Crippen LogP contribution in [-0.4, -0.2) is 60.6 Å². The predicted molar refractivity (Wildman–Crippen MR) is 83.1 cm³/mol. The summed E-state index contributed by atoms with van der Waals surface area (Å²) in [5.74, 6) is 5.61. The van der Waals surface area contributed by atoms with Crippen LogP contribution in [0.15, 0.2) is 18.2 Å². The maximum absolute atomic E-state index is 12.5. The highest BCUT2D eigenvalue weighted by Crippen LogP contribution is 2.18. The molecule has 0 saturated carbocycles. The molecule has 4 heteroatoms. The summed E-state index contributed by atoms with van der Waals surface area (Å²) < 4.78 is 0. The van der Waals surface area contributed by atoms with Gasteiger partial charge in [-0.2, -0.15) is 0 Å². The predicted octanol–water partition coefficient (Wildman–Crippen LogP) is 1.11. The highest BCUT2D eigenvalue weighted by Gasteiger charge is 2.28. The monoisotopic (exact) mass is 286 g/mol. The SMILES string of the molecule is Cc1cc(C(=O)N2CCC(N(C)C)C2)ccc1C#CCO. The van der Waals surface area contributed by atoms with Crippen molar-refractivity contribution in [3.63, 3.8) is 0 Å². The van der Waals surface area contributed by atoms with Crippen molar-refractivity contribution >= 4 is 5.91 Å². The molecule has 1 amide bonds. The van der Waals surface area contributed by atoms with E-state index in [9.17, 15) is 4.79 Å². The fourth-order valence-electron chi connectivity index (χ4n) is 2.60. The Balaban J connectivity index is 2.12. The molecule has 0 spiro atoms. The minimum absolute atomic E-state index is 0.0871. The lowest BCUT2D eigenvalue weighted by atomic mass is 10.0. The molecule has 0 bridgehead atoms. The zero-order chi connectivity index (χ0) is 15.4. The molecule has 1 aliphatic rings. The standard InChI is InChI=1S/C17H22N2O2/c1-13-11-15(7-6-14(13)5-4-10-20)17(21)19-9-8-16(12-19)18(2)3/h6-7,11,16,20H,8-10,12H2,1-3H3. The van der Waals surface area contributed by atoms with Crippen LogP contribution in [-0.2, 0) is 0 Å². The molecule has 1 N–H and O–H groups in total. The molecule has 1 aromatic rings. The molecular formula is C17H22N2O2. The third kappa shape index (κ3) is 3.63. The van der Waals surface area contributed by atoms with Gasteiger partial charge >= 0.3 is 0 Å². The van der Waals surface area contributed by atoms with Gasteiger partial charge in [0.1, 0.15) is 6.61 Å². The summed E-state index contributed by atoms with van der Waals surface area (Å²) >= 11 is 0. The Kier molecular flexibility index (Phi) is 5.00. The second kappa shape index (κ2) is 6.75. The van der Waals surface area contributed by atoms with Crippen LogP contribution in [0.3, 0.4) is 0 Å².